The third-order valence-electron chi connectivity index (χ3n) is 4.48. The first-order chi connectivity index (χ1) is 14.5. The second-order valence-corrected chi connectivity index (χ2v) is 8.34. The van der Waals surface area contributed by atoms with Crippen LogP contribution in [0.2, 0.25) is 10.0 Å². The molecule has 0 saturated carbocycles. The number of rotatable bonds is 4. The monoisotopic (exact) mass is 458 g/mol. The molecule has 3 aromatic heterocycles. The van der Waals surface area contributed by atoms with Crippen molar-refractivity contribution < 1.29 is 4.74 Å². The molecule has 30 heavy (non-hydrogen) atoms. The van der Waals surface area contributed by atoms with Gasteiger partial charge in [-0.3, -0.25) is 14.7 Å². The molecular weight excluding hydrogens is 447 g/mol. The van der Waals surface area contributed by atoms with Crippen LogP contribution in [-0.4, -0.2) is 19.7 Å². The number of fused-ring (bicyclic) bond motifs is 2. The summed E-state index contributed by atoms with van der Waals surface area (Å²) in [5.74, 6) is 0.433. The summed E-state index contributed by atoms with van der Waals surface area (Å²) in [6.45, 7) is 0.0564. The summed E-state index contributed by atoms with van der Waals surface area (Å²) in [5, 5.41) is 4.28. The van der Waals surface area contributed by atoms with Gasteiger partial charge in [-0.15, -0.1) is 0 Å². The van der Waals surface area contributed by atoms with Gasteiger partial charge in [0.15, 0.2) is 5.43 Å². The third-order valence-corrected chi connectivity index (χ3v) is 6.03. The van der Waals surface area contributed by atoms with E-state index in [1.165, 1.54) is 22.1 Å². The van der Waals surface area contributed by atoms with Crippen LogP contribution < -0.4 is 15.7 Å². The van der Waals surface area contributed by atoms with Crippen LogP contribution in [0, 0.1) is 0 Å². The van der Waals surface area contributed by atoms with E-state index in [1.807, 2.05) is 24.3 Å². The lowest BCUT2D eigenvalue weighted by molar-refractivity contribution is 0.302. The Bertz CT molecular complexity index is 1500. The van der Waals surface area contributed by atoms with Gasteiger partial charge in [-0.2, -0.15) is 4.68 Å². The highest BCUT2D eigenvalue weighted by atomic mass is 35.5. The highest BCUT2D eigenvalue weighted by Crippen LogP contribution is 2.28. The molecule has 7 nitrogen and oxygen atoms in total. The molecule has 0 aliphatic rings. The number of hydrogen-bond donors (Lipinski definition) is 2. The fourth-order valence-electron chi connectivity index (χ4n) is 3.10. The minimum Gasteiger partial charge on any atom is -0.486 e. The Morgan fingerprint density at radius 3 is 2.73 bits per heavy atom. The summed E-state index contributed by atoms with van der Waals surface area (Å²) >= 11 is 13.4. The number of aromatic amines is 2. The van der Waals surface area contributed by atoms with E-state index >= 15 is 0 Å². The lowest BCUT2D eigenvalue weighted by Gasteiger charge is -2.08. The first-order valence-corrected chi connectivity index (χ1v) is 10.4. The second kappa shape index (κ2) is 7.32. The van der Waals surface area contributed by atoms with Crippen molar-refractivity contribution in [1.82, 2.24) is 19.7 Å². The van der Waals surface area contributed by atoms with Gasteiger partial charge >= 0.3 is 0 Å². The minimum absolute atomic E-state index is 0.0301. The topological polar surface area (TPSA) is 92.8 Å². The third kappa shape index (κ3) is 3.28. The van der Waals surface area contributed by atoms with Gasteiger partial charge in [-0.1, -0.05) is 46.7 Å². The van der Waals surface area contributed by atoms with Crippen molar-refractivity contribution in [2.45, 2.75) is 6.61 Å². The Hall–Kier alpha value is -3.07. The van der Waals surface area contributed by atoms with Crippen molar-refractivity contribution >= 4 is 55.8 Å². The van der Waals surface area contributed by atoms with E-state index in [0.29, 0.717) is 32.3 Å². The average Bonchev–Trinajstić information content (AvgIpc) is 3.28. The Labute approximate surface area is 182 Å². The number of nitrogens with one attached hydrogen (secondary N) is 2. The van der Waals surface area contributed by atoms with E-state index in [2.05, 4.69) is 15.1 Å². The summed E-state index contributed by atoms with van der Waals surface area (Å²) < 4.78 is 7.89. The van der Waals surface area contributed by atoms with Gasteiger partial charge in [-0.25, -0.2) is 4.98 Å². The van der Waals surface area contributed by atoms with Crippen LogP contribution in [0.3, 0.4) is 0 Å². The van der Waals surface area contributed by atoms with Gasteiger partial charge in [0.1, 0.15) is 23.4 Å². The molecule has 0 aliphatic heterocycles. The molecule has 10 heteroatoms. The molecule has 0 atom stereocenters. The zero-order valence-corrected chi connectivity index (χ0v) is 17.4. The van der Waals surface area contributed by atoms with Crippen molar-refractivity contribution in [2.24, 2.45) is 0 Å². The number of halogens is 2. The van der Waals surface area contributed by atoms with Gasteiger partial charge < -0.3 is 9.72 Å². The number of hydrogen-bond acceptors (Lipinski definition) is 5. The average molecular weight is 459 g/mol. The zero-order chi connectivity index (χ0) is 20.8. The normalized spacial score (nSPS) is 11.4. The van der Waals surface area contributed by atoms with Crippen LogP contribution in [0.4, 0.5) is 0 Å². The predicted octanol–water partition coefficient (Wildman–Crippen LogP) is 4.50. The van der Waals surface area contributed by atoms with Crippen LogP contribution in [0.15, 0.2) is 58.1 Å². The first-order valence-electron chi connectivity index (χ1n) is 8.80. The molecule has 150 valence electrons. The molecule has 0 spiro atoms. The maximum Gasteiger partial charge on any atom is 0.286 e. The summed E-state index contributed by atoms with van der Waals surface area (Å²) in [6, 6.07) is 13.8. The maximum absolute atomic E-state index is 12.8. The number of pyridine rings is 1. The Balaban J connectivity index is 1.52. The summed E-state index contributed by atoms with van der Waals surface area (Å²) in [4.78, 5) is 32.9. The van der Waals surface area contributed by atoms with E-state index in [0.717, 1.165) is 10.2 Å². The van der Waals surface area contributed by atoms with Crippen molar-refractivity contribution in [3.05, 3.63) is 84.8 Å². The summed E-state index contributed by atoms with van der Waals surface area (Å²) in [6.07, 6.45) is 0. The molecule has 5 rings (SSSR count). The number of nitrogens with zero attached hydrogens (tertiary/aromatic N) is 2. The van der Waals surface area contributed by atoms with E-state index in [9.17, 15) is 9.59 Å². The molecule has 0 unspecified atom stereocenters. The molecule has 0 amide bonds. The molecule has 0 radical (unpaired) electrons. The van der Waals surface area contributed by atoms with Gasteiger partial charge in [-0.05, 0) is 30.3 Å². The SMILES string of the molecule is O=c1cc(COc2ccc(Cl)cc2Cl)[nH]c2[nH]n(-c3nc4ccccc4s3)c(=O)c12. The number of ether oxygens (including phenoxy) is 1. The first kappa shape index (κ1) is 18.9. The lowest BCUT2D eigenvalue weighted by atomic mass is 10.3. The number of benzene rings is 2. The maximum atomic E-state index is 12.8. The molecule has 3 heterocycles. The van der Waals surface area contributed by atoms with Gasteiger partial charge in [0.05, 0.1) is 20.9 Å². The van der Waals surface area contributed by atoms with Crippen LogP contribution >= 0.6 is 34.5 Å². The van der Waals surface area contributed by atoms with Crippen LogP contribution in [0.1, 0.15) is 5.69 Å². The lowest BCUT2D eigenvalue weighted by Crippen LogP contribution is -2.18. The number of H-pyrrole nitrogens is 2. The second-order valence-electron chi connectivity index (χ2n) is 6.49. The zero-order valence-electron chi connectivity index (χ0n) is 15.1. The Morgan fingerprint density at radius 2 is 1.93 bits per heavy atom. The molecule has 0 bridgehead atoms. The largest absolute Gasteiger partial charge is 0.486 e. The van der Waals surface area contributed by atoms with E-state index in [-0.39, 0.29) is 12.0 Å². The predicted molar refractivity (Wildman–Crippen MR) is 118 cm³/mol. The smallest absolute Gasteiger partial charge is 0.286 e. The summed E-state index contributed by atoms with van der Waals surface area (Å²) in [5.41, 5.74) is 0.691. The Kier molecular flexibility index (Phi) is 4.62. The number of para-hydroxylation sites is 1. The van der Waals surface area contributed by atoms with Gasteiger partial charge in [0, 0.05) is 11.1 Å². The van der Waals surface area contributed by atoms with Crippen molar-refractivity contribution in [2.75, 3.05) is 0 Å². The highest BCUT2D eigenvalue weighted by Gasteiger charge is 2.16. The van der Waals surface area contributed by atoms with Crippen LogP contribution in [0.25, 0.3) is 26.4 Å². The van der Waals surface area contributed by atoms with E-state index in [1.54, 1.807) is 18.2 Å². The fourth-order valence-corrected chi connectivity index (χ4v) is 4.49. The molecule has 0 fully saturated rings. The molecular formula is C20H12Cl2N4O3S. The van der Waals surface area contributed by atoms with Crippen LogP contribution in [0.5, 0.6) is 5.75 Å². The standard InChI is InChI=1S/C20H12Cl2N4O3S/c21-10-5-6-15(12(22)7-10)29-9-11-8-14(27)17-18(23-11)25-26(19(17)28)20-24-13-3-1-2-4-16(13)30-20/h1-8H,9H2,(H2,23,25,27). The highest BCUT2D eigenvalue weighted by molar-refractivity contribution is 7.20. The van der Waals surface area contributed by atoms with Crippen molar-refractivity contribution in [3.8, 4) is 10.9 Å². The summed E-state index contributed by atoms with van der Waals surface area (Å²) in [7, 11) is 0. The quantitative estimate of drug-likeness (QED) is 0.414. The molecule has 0 aliphatic carbocycles. The van der Waals surface area contributed by atoms with E-state index in [4.69, 9.17) is 27.9 Å². The Morgan fingerprint density at radius 1 is 1.10 bits per heavy atom. The van der Waals surface area contributed by atoms with Crippen molar-refractivity contribution in [1.29, 1.82) is 0 Å². The van der Waals surface area contributed by atoms with Gasteiger partial charge in [0.25, 0.3) is 5.56 Å². The molecule has 0 saturated heterocycles. The van der Waals surface area contributed by atoms with Crippen LogP contribution in [-0.2, 0) is 6.61 Å². The number of aromatic nitrogens is 4. The number of thiazole rings is 1. The molecule has 2 N–H and O–H groups in total. The van der Waals surface area contributed by atoms with Gasteiger partial charge in [0.2, 0.25) is 5.13 Å². The molecule has 2 aromatic carbocycles. The minimum atomic E-state index is -0.460. The van der Waals surface area contributed by atoms with E-state index < -0.39 is 11.0 Å². The molecule has 5 aromatic rings. The van der Waals surface area contributed by atoms with Crippen molar-refractivity contribution in [3.63, 3.8) is 0 Å². The fraction of sp³-hybridized carbons (Fsp3) is 0.0500.